The van der Waals surface area contributed by atoms with E-state index in [9.17, 15) is 0 Å². The van der Waals surface area contributed by atoms with Crippen molar-refractivity contribution in [1.29, 1.82) is 0 Å². The highest BCUT2D eigenvalue weighted by molar-refractivity contribution is 7.11. The molecule has 0 spiro atoms. The first-order chi connectivity index (χ1) is 9.22. The van der Waals surface area contributed by atoms with Crippen molar-refractivity contribution in [2.24, 2.45) is 0 Å². The van der Waals surface area contributed by atoms with Gasteiger partial charge < -0.3 is 10.1 Å². The van der Waals surface area contributed by atoms with Crippen LogP contribution in [-0.2, 0) is 6.42 Å². The highest BCUT2D eigenvalue weighted by atomic mass is 32.1. The van der Waals surface area contributed by atoms with Gasteiger partial charge in [0.1, 0.15) is 16.9 Å². The fraction of sp³-hybridized carbons (Fsp3) is 0.400. The van der Waals surface area contributed by atoms with E-state index in [0.717, 1.165) is 23.7 Å². The molecule has 0 saturated heterocycles. The average Bonchev–Trinajstić information content (AvgIpc) is 3.01. The average molecular weight is 274 g/mol. The van der Waals surface area contributed by atoms with E-state index in [1.165, 1.54) is 10.4 Å². The zero-order chi connectivity index (χ0) is 13.2. The Morgan fingerprint density at radius 1 is 1.47 bits per heavy atom. The zero-order valence-corrected chi connectivity index (χ0v) is 12.0. The van der Waals surface area contributed by atoms with Gasteiger partial charge in [-0.15, -0.1) is 11.3 Å². The van der Waals surface area contributed by atoms with Crippen molar-refractivity contribution in [3.05, 3.63) is 45.9 Å². The quantitative estimate of drug-likeness (QED) is 0.930. The van der Waals surface area contributed by atoms with Gasteiger partial charge >= 0.3 is 0 Å². The fourth-order valence-corrected chi connectivity index (χ4v) is 3.14. The predicted octanol–water partition coefficient (Wildman–Crippen LogP) is 3.11. The highest BCUT2D eigenvalue weighted by Crippen LogP contribution is 2.28. The minimum atomic E-state index is 0.237. The van der Waals surface area contributed by atoms with Crippen LogP contribution in [0.4, 0.5) is 0 Å². The van der Waals surface area contributed by atoms with E-state index < -0.39 is 0 Å². The normalized spacial score (nSPS) is 18.9. The van der Waals surface area contributed by atoms with E-state index in [2.05, 4.69) is 36.3 Å². The molecule has 3 rings (SSSR count). The molecule has 0 radical (unpaired) electrons. The van der Waals surface area contributed by atoms with E-state index >= 15 is 0 Å². The molecule has 19 heavy (non-hydrogen) atoms. The lowest BCUT2D eigenvalue weighted by molar-refractivity contribution is 0.222. The molecule has 0 bridgehead atoms. The van der Waals surface area contributed by atoms with E-state index in [4.69, 9.17) is 4.74 Å². The van der Waals surface area contributed by atoms with Crippen molar-refractivity contribution in [2.45, 2.75) is 32.4 Å². The first-order valence-corrected chi connectivity index (χ1v) is 7.44. The second-order valence-corrected chi connectivity index (χ2v) is 6.26. The van der Waals surface area contributed by atoms with Crippen LogP contribution in [-0.4, -0.2) is 17.6 Å². The minimum Gasteiger partial charge on any atom is -0.488 e. The molecule has 2 aromatic rings. The molecule has 1 aromatic heterocycles. The number of thiazole rings is 1. The molecule has 1 aliphatic heterocycles. The Balaban J connectivity index is 1.54. The van der Waals surface area contributed by atoms with E-state index in [1.807, 2.05) is 18.3 Å². The number of aryl methyl sites for hydroxylation is 1. The number of para-hydroxylation sites is 1. The van der Waals surface area contributed by atoms with Crippen LogP contribution in [0, 0.1) is 6.92 Å². The smallest absolute Gasteiger partial charge is 0.123 e. The van der Waals surface area contributed by atoms with Crippen molar-refractivity contribution in [2.75, 3.05) is 6.54 Å². The third kappa shape index (κ3) is 2.80. The van der Waals surface area contributed by atoms with Crippen molar-refractivity contribution >= 4 is 11.3 Å². The van der Waals surface area contributed by atoms with Crippen LogP contribution in [0.5, 0.6) is 5.75 Å². The first-order valence-electron chi connectivity index (χ1n) is 6.62. The summed E-state index contributed by atoms with van der Waals surface area (Å²) >= 11 is 1.75. The number of nitrogens with one attached hydrogen (secondary N) is 1. The van der Waals surface area contributed by atoms with Crippen molar-refractivity contribution in [1.82, 2.24) is 10.3 Å². The topological polar surface area (TPSA) is 34.2 Å². The maximum atomic E-state index is 5.92. The number of nitrogens with zero attached hydrogens (tertiary/aromatic N) is 1. The monoisotopic (exact) mass is 274 g/mol. The molecular formula is C15H18N2OS. The van der Waals surface area contributed by atoms with Gasteiger partial charge in [-0.05, 0) is 25.5 Å². The number of fused-ring (bicyclic) bond motifs is 1. The standard InChI is InChI=1S/C15H18N2OS/c1-10-8-17-15(19-10)11(2)16-9-13-7-12-5-3-4-6-14(12)18-13/h3-6,8,11,13,16H,7,9H2,1-2H3. The molecule has 3 nitrogen and oxygen atoms in total. The Bertz CT molecular complexity index is 542. The van der Waals surface area contributed by atoms with Crippen LogP contribution in [0.2, 0.25) is 0 Å². The summed E-state index contributed by atoms with van der Waals surface area (Å²) in [6, 6.07) is 8.56. The summed E-state index contributed by atoms with van der Waals surface area (Å²) in [7, 11) is 0. The molecule has 0 amide bonds. The Labute approximate surface area is 117 Å². The lowest BCUT2D eigenvalue weighted by atomic mass is 10.1. The maximum absolute atomic E-state index is 5.92. The number of aromatic nitrogens is 1. The summed E-state index contributed by atoms with van der Waals surface area (Å²) in [5.74, 6) is 1.03. The summed E-state index contributed by atoms with van der Waals surface area (Å²) in [5, 5.41) is 4.66. The van der Waals surface area contributed by atoms with Gasteiger partial charge in [0, 0.05) is 24.0 Å². The van der Waals surface area contributed by atoms with Crippen LogP contribution < -0.4 is 10.1 Å². The van der Waals surface area contributed by atoms with E-state index in [-0.39, 0.29) is 12.1 Å². The number of hydrogen-bond acceptors (Lipinski definition) is 4. The van der Waals surface area contributed by atoms with Gasteiger partial charge in [0.05, 0.1) is 6.04 Å². The molecular weight excluding hydrogens is 256 g/mol. The molecule has 1 aliphatic rings. The Hall–Kier alpha value is -1.39. The zero-order valence-electron chi connectivity index (χ0n) is 11.2. The van der Waals surface area contributed by atoms with Crippen molar-refractivity contribution in [3.8, 4) is 5.75 Å². The van der Waals surface area contributed by atoms with Gasteiger partial charge in [-0.3, -0.25) is 0 Å². The second kappa shape index (κ2) is 5.31. The van der Waals surface area contributed by atoms with Gasteiger partial charge in [0.15, 0.2) is 0 Å². The maximum Gasteiger partial charge on any atom is 0.123 e. The van der Waals surface area contributed by atoms with Gasteiger partial charge in [-0.2, -0.15) is 0 Å². The molecule has 2 atom stereocenters. The van der Waals surface area contributed by atoms with Gasteiger partial charge in [-0.25, -0.2) is 4.98 Å². The molecule has 0 saturated carbocycles. The van der Waals surface area contributed by atoms with Crippen LogP contribution in [0.3, 0.4) is 0 Å². The third-order valence-corrected chi connectivity index (χ3v) is 4.47. The molecule has 2 heterocycles. The SMILES string of the molecule is Cc1cnc(C(C)NCC2Cc3ccccc3O2)s1. The number of hydrogen-bond donors (Lipinski definition) is 1. The van der Waals surface area contributed by atoms with Gasteiger partial charge in [0.25, 0.3) is 0 Å². The highest BCUT2D eigenvalue weighted by Gasteiger charge is 2.22. The molecule has 1 N–H and O–H groups in total. The molecule has 4 heteroatoms. The Morgan fingerprint density at radius 3 is 3.05 bits per heavy atom. The van der Waals surface area contributed by atoms with Crippen LogP contribution in [0.15, 0.2) is 30.5 Å². The fourth-order valence-electron chi connectivity index (χ4n) is 2.34. The number of rotatable bonds is 4. The largest absolute Gasteiger partial charge is 0.488 e. The summed E-state index contributed by atoms with van der Waals surface area (Å²) in [4.78, 5) is 5.67. The lowest BCUT2D eigenvalue weighted by Gasteiger charge is -2.15. The van der Waals surface area contributed by atoms with Crippen LogP contribution in [0.25, 0.3) is 0 Å². The molecule has 100 valence electrons. The Morgan fingerprint density at radius 2 is 2.32 bits per heavy atom. The second-order valence-electron chi connectivity index (χ2n) is 4.99. The van der Waals surface area contributed by atoms with Crippen molar-refractivity contribution < 1.29 is 4.74 Å². The summed E-state index contributed by atoms with van der Waals surface area (Å²) in [6.07, 6.45) is 3.16. The molecule has 2 unspecified atom stereocenters. The number of ether oxygens (including phenoxy) is 1. The minimum absolute atomic E-state index is 0.237. The van der Waals surface area contributed by atoms with Crippen molar-refractivity contribution in [3.63, 3.8) is 0 Å². The summed E-state index contributed by atoms with van der Waals surface area (Å²) < 4.78 is 5.92. The molecule has 0 fully saturated rings. The molecule has 0 aliphatic carbocycles. The van der Waals surface area contributed by atoms with Crippen LogP contribution in [0.1, 0.15) is 28.4 Å². The Kier molecular flexibility index (Phi) is 3.53. The lowest BCUT2D eigenvalue weighted by Crippen LogP contribution is -2.31. The first kappa shape index (κ1) is 12.6. The summed E-state index contributed by atoms with van der Waals surface area (Å²) in [6.45, 7) is 5.10. The third-order valence-electron chi connectivity index (χ3n) is 3.38. The van der Waals surface area contributed by atoms with E-state index in [1.54, 1.807) is 11.3 Å². The number of benzene rings is 1. The van der Waals surface area contributed by atoms with Crippen LogP contribution >= 0.6 is 11.3 Å². The van der Waals surface area contributed by atoms with Gasteiger partial charge in [0.2, 0.25) is 0 Å². The van der Waals surface area contributed by atoms with E-state index in [0.29, 0.717) is 0 Å². The van der Waals surface area contributed by atoms with Gasteiger partial charge in [-0.1, -0.05) is 18.2 Å². The summed E-state index contributed by atoms with van der Waals surface area (Å²) in [5.41, 5.74) is 1.31. The predicted molar refractivity (Wildman–Crippen MR) is 77.8 cm³/mol. The molecule has 1 aromatic carbocycles.